The second-order valence-corrected chi connectivity index (χ2v) is 2.42. The van der Waals surface area contributed by atoms with Gasteiger partial charge in [0, 0.05) is 25.1 Å². The minimum Gasteiger partial charge on any atom is -0.494 e. The molecule has 0 aliphatic rings. The van der Waals surface area contributed by atoms with E-state index in [1.165, 1.54) is 16.7 Å². The van der Waals surface area contributed by atoms with Gasteiger partial charge in [-0.25, -0.2) is 0 Å². The zero-order valence-electron chi connectivity index (χ0n) is 6.40. The number of nitrogens with zero attached hydrogens (tertiary/aromatic N) is 1. The van der Waals surface area contributed by atoms with Gasteiger partial charge in [0.2, 0.25) is 5.91 Å². The molecule has 5 nitrogen and oxygen atoms in total. The van der Waals surface area contributed by atoms with Gasteiger partial charge in [0.05, 0.1) is 0 Å². The number of carbonyl (C=O) groups is 1. The fraction of sp³-hybridized carbons (Fsp3) is 0.286. The Morgan fingerprint density at radius 3 is 2.33 bits per heavy atom. The Morgan fingerprint density at radius 2 is 1.92 bits per heavy atom. The second-order valence-electron chi connectivity index (χ2n) is 2.42. The summed E-state index contributed by atoms with van der Waals surface area (Å²) in [6.07, 6.45) is 0.0931. The van der Waals surface area contributed by atoms with Crippen molar-refractivity contribution < 1.29 is 15.0 Å². The topological polar surface area (TPSA) is 88.5 Å². The Hall–Kier alpha value is -1.65. The molecule has 0 radical (unpaired) electrons. The number of rotatable bonds is 3. The van der Waals surface area contributed by atoms with Crippen molar-refractivity contribution in [3.8, 4) is 11.8 Å². The zero-order chi connectivity index (χ0) is 9.14. The van der Waals surface area contributed by atoms with Crippen molar-refractivity contribution >= 4 is 5.91 Å². The molecule has 0 fully saturated rings. The van der Waals surface area contributed by atoms with Crippen molar-refractivity contribution in [1.29, 1.82) is 0 Å². The van der Waals surface area contributed by atoms with E-state index in [1.807, 2.05) is 0 Å². The van der Waals surface area contributed by atoms with Crippen LogP contribution < -0.4 is 5.73 Å². The highest BCUT2D eigenvalue weighted by Gasteiger charge is 2.05. The van der Waals surface area contributed by atoms with Crippen LogP contribution in [0.4, 0.5) is 0 Å². The summed E-state index contributed by atoms with van der Waals surface area (Å²) >= 11 is 0. The summed E-state index contributed by atoms with van der Waals surface area (Å²) in [5.74, 6) is -0.620. The smallest absolute Gasteiger partial charge is 0.219 e. The van der Waals surface area contributed by atoms with Crippen LogP contribution in [0.5, 0.6) is 11.8 Å². The van der Waals surface area contributed by atoms with Crippen molar-refractivity contribution in [3.05, 3.63) is 12.1 Å². The number of aromatic hydroxyl groups is 2. The van der Waals surface area contributed by atoms with Gasteiger partial charge in [-0.1, -0.05) is 0 Å². The van der Waals surface area contributed by atoms with E-state index in [-0.39, 0.29) is 24.7 Å². The molecule has 0 unspecified atom stereocenters. The first-order valence-corrected chi connectivity index (χ1v) is 3.47. The number of amides is 1. The van der Waals surface area contributed by atoms with Crippen LogP contribution in [0.1, 0.15) is 6.42 Å². The van der Waals surface area contributed by atoms with Gasteiger partial charge >= 0.3 is 0 Å². The lowest BCUT2D eigenvalue weighted by atomic mass is 10.4. The summed E-state index contributed by atoms with van der Waals surface area (Å²) in [7, 11) is 0. The molecule has 0 spiro atoms. The van der Waals surface area contributed by atoms with Gasteiger partial charge in [-0.2, -0.15) is 0 Å². The number of nitrogens with two attached hydrogens (primary N) is 1. The molecule has 1 amide bonds. The molecule has 0 aromatic carbocycles. The number of aromatic nitrogens is 1. The van der Waals surface area contributed by atoms with Crippen LogP contribution in [0.15, 0.2) is 12.1 Å². The summed E-state index contributed by atoms with van der Waals surface area (Å²) in [6.45, 7) is 0.194. The third-order valence-electron chi connectivity index (χ3n) is 1.52. The van der Waals surface area contributed by atoms with Crippen LogP contribution in [0, 0.1) is 0 Å². The van der Waals surface area contributed by atoms with Gasteiger partial charge in [0.1, 0.15) is 0 Å². The Bertz CT molecular complexity index is 273. The molecule has 66 valence electrons. The molecule has 12 heavy (non-hydrogen) atoms. The van der Waals surface area contributed by atoms with Gasteiger partial charge in [-0.15, -0.1) is 0 Å². The summed E-state index contributed by atoms with van der Waals surface area (Å²) in [4.78, 5) is 10.4. The summed E-state index contributed by atoms with van der Waals surface area (Å²) in [5, 5.41) is 18.2. The molecule has 0 saturated heterocycles. The first-order valence-electron chi connectivity index (χ1n) is 3.47. The highest BCUT2D eigenvalue weighted by Crippen LogP contribution is 2.20. The summed E-state index contributed by atoms with van der Waals surface area (Å²) in [5.41, 5.74) is 4.89. The Kier molecular flexibility index (Phi) is 2.23. The van der Waals surface area contributed by atoms with Gasteiger partial charge in [-0.3, -0.25) is 9.36 Å². The molecule has 1 rings (SSSR count). The van der Waals surface area contributed by atoms with Crippen molar-refractivity contribution in [2.75, 3.05) is 0 Å². The maximum atomic E-state index is 10.4. The van der Waals surface area contributed by atoms with Gasteiger partial charge in [0.15, 0.2) is 11.8 Å². The molecule has 0 aliphatic heterocycles. The van der Waals surface area contributed by atoms with Crippen LogP contribution in [-0.2, 0) is 11.3 Å². The van der Waals surface area contributed by atoms with E-state index in [2.05, 4.69) is 0 Å². The number of carbonyl (C=O) groups excluding carboxylic acids is 1. The fourth-order valence-corrected chi connectivity index (χ4v) is 0.897. The van der Waals surface area contributed by atoms with Crippen molar-refractivity contribution in [1.82, 2.24) is 4.57 Å². The van der Waals surface area contributed by atoms with E-state index in [1.54, 1.807) is 0 Å². The lowest BCUT2D eigenvalue weighted by Crippen LogP contribution is -2.13. The minimum atomic E-state index is -0.470. The highest BCUT2D eigenvalue weighted by atomic mass is 16.3. The van der Waals surface area contributed by atoms with E-state index >= 15 is 0 Å². The third-order valence-corrected chi connectivity index (χ3v) is 1.52. The molecular weight excluding hydrogens is 160 g/mol. The molecule has 1 aromatic heterocycles. The normalized spacial score (nSPS) is 10.0. The van der Waals surface area contributed by atoms with E-state index in [4.69, 9.17) is 15.9 Å². The minimum absolute atomic E-state index is 0.0752. The molecule has 0 bridgehead atoms. The molecular formula is C7H10N2O3. The lowest BCUT2D eigenvalue weighted by Gasteiger charge is -2.03. The van der Waals surface area contributed by atoms with Crippen molar-refractivity contribution in [2.24, 2.45) is 5.73 Å². The number of primary amides is 1. The van der Waals surface area contributed by atoms with Gasteiger partial charge in [0.25, 0.3) is 0 Å². The van der Waals surface area contributed by atoms with E-state index in [0.29, 0.717) is 0 Å². The molecule has 1 aromatic rings. The largest absolute Gasteiger partial charge is 0.494 e. The standard InChI is InChI=1S/C7H10N2O3/c8-5(10)3-4-9-6(11)1-2-7(9)12/h1-2,11-12H,3-4H2,(H2,8,10). The molecule has 0 aliphatic carbocycles. The van der Waals surface area contributed by atoms with Gasteiger partial charge < -0.3 is 15.9 Å². The molecule has 0 atom stereocenters. The Labute approximate surface area is 69.0 Å². The SMILES string of the molecule is NC(=O)CCn1c(O)ccc1O. The summed E-state index contributed by atoms with van der Waals surface area (Å²) in [6, 6.07) is 2.69. The van der Waals surface area contributed by atoms with Crippen LogP contribution in [0.2, 0.25) is 0 Å². The van der Waals surface area contributed by atoms with Crippen LogP contribution in [0.3, 0.4) is 0 Å². The van der Waals surface area contributed by atoms with E-state index in [9.17, 15) is 4.79 Å². The third kappa shape index (κ3) is 1.69. The van der Waals surface area contributed by atoms with Gasteiger partial charge in [-0.05, 0) is 0 Å². The summed E-state index contributed by atoms with van der Waals surface area (Å²) < 4.78 is 1.20. The van der Waals surface area contributed by atoms with Crippen LogP contribution in [-0.4, -0.2) is 20.7 Å². The Balaban J connectivity index is 2.68. The zero-order valence-corrected chi connectivity index (χ0v) is 6.40. The van der Waals surface area contributed by atoms with Crippen molar-refractivity contribution in [2.45, 2.75) is 13.0 Å². The quantitative estimate of drug-likeness (QED) is 0.585. The van der Waals surface area contributed by atoms with E-state index < -0.39 is 5.91 Å². The first kappa shape index (κ1) is 8.45. The molecule has 1 heterocycles. The highest BCUT2D eigenvalue weighted by molar-refractivity contribution is 5.73. The molecule has 4 N–H and O–H groups in total. The van der Waals surface area contributed by atoms with Crippen molar-refractivity contribution in [3.63, 3.8) is 0 Å². The second kappa shape index (κ2) is 3.17. The molecule has 0 saturated carbocycles. The average molecular weight is 170 g/mol. The maximum absolute atomic E-state index is 10.4. The number of hydrogen-bond acceptors (Lipinski definition) is 3. The Morgan fingerprint density at radius 1 is 1.42 bits per heavy atom. The maximum Gasteiger partial charge on any atom is 0.219 e. The van der Waals surface area contributed by atoms with E-state index in [0.717, 1.165) is 0 Å². The average Bonchev–Trinajstić information content (AvgIpc) is 2.28. The monoisotopic (exact) mass is 170 g/mol. The lowest BCUT2D eigenvalue weighted by molar-refractivity contribution is -0.118. The molecule has 5 heteroatoms. The predicted molar refractivity (Wildman–Crippen MR) is 41.6 cm³/mol. The first-order chi connectivity index (χ1) is 5.61. The number of hydrogen-bond donors (Lipinski definition) is 3. The van der Waals surface area contributed by atoms with Crippen LogP contribution in [0.25, 0.3) is 0 Å². The fourth-order valence-electron chi connectivity index (χ4n) is 0.897. The van der Waals surface area contributed by atoms with Crippen LogP contribution >= 0.6 is 0 Å². The predicted octanol–water partition coefficient (Wildman–Crippen LogP) is -0.225.